The van der Waals surface area contributed by atoms with Crippen LogP contribution in [-0.4, -0.2) is 124 Å². The third kappa shape index (κ3) is 12.0. The van der Waals surface area contributed by atoms with Crippen LogP contribution in [0.15, 0.2) is 97.3 Å². The molecule has 2 saturated heterocycles. The molecule has 4 fully saturated rings. The molecule has 332 valence electrons. The lowest BCUT2D eigenvalue weighted by Crippen LogP contribution is -2.50. The molecule has 2 aromatic heterocycles. The zero-order chi connectivity index (χ0) is 42.9. The van der Waals surface area contributed by atoms with Gasteiger partial charge in [-0.3, -0.25) is 29.2 Å². The van der Waals surface area contributed by atoms with Crippen molar-refractivity contribution in [3.8, 4) is 11.5 Å². The average Bonchev–Trinajstić information content (AvgIpc) is 3.35. The van der Waals surface area contributed by atoms with Crippen molar-refractivity contribution < 1.29 is 19.1 Å². The van der Waals surface area contributed by atoms with Gasteiger partial charge in [-0.05, 0) is 74.2 Å². The molecule has 2 aromatic carbocycles. The summed E-state index contributed by atoms with van der Waals surface area (Å²) in [4.78, 5) is 49.2. The molecule has 2 aliphatic heterocycles. The largest absolute Gasteiger partial charge is 0.495 e. The van der Waals surface area contributed by atoms with Gasteiger partial charge in [0.15, 0.2) is 0 Å². The summed E-state index contributed by atoms with van der Waals surface area (Å²) in [6.45, 7) is 10.9. The number of carbonyl (C=O) groups is 2. The molecule has 2 amide bonds. The van der Waals surface area contributed by atoms with Crippen molar-refractivity contribution in [2.75, 3.05) is 112 Å². The Balaban J connectivity index is 0.000000186. The lowest BCUT2D eigenvalue weighted by atomic mass is 9.88. The number of piperazine rings is 2. The van der Waals surface area contributed by atoms with Crippen molar-refractivity contribution in [3.63, 3.8) is 0 Å². The second-order valence-electron chi connectivity index (χ2n) is 17.0. The summed E-state index contributed by atoms with van der Waals surface area (Å²) in [6, 6.07) is 28.1. The van der Waals surface area contributed by atoms with Crippen LogP contribution in [0.2, 0.25) is 0 Å². The number of amides is 2. The summed E-state index contributed by atoms with van der Waals surface area (Å²) < 4.78 is 11.1. The number of nitrogens with zero attached hydrogens (tertiary/aromatic N) is 8. The fourth-order valence-electron chi connectivity index (χ4n) is 9.53. The predicted molar refractivity (Wildman–Crippen MR) is 250 cm³/mol. The van der Waals surface area contributed by atoms with E-state index in [9.17, 15) is 9.59 Å². The summed E-state index contributed by atoms with van der Waals surface area (Å²) >= 11 is 0. The van der Waals surface area contributed by atoms with Gasteiger partial charge >= 0.3 is 0 Å². The van der Waals surface area contributed by atoms with Crippen LogP contribution < -0.4 is 29.1 Å². The highest BCUT2D eigenvalue weighted by Gasteiger charge is 2.30. The smallest absolute Gasteiger partial charge is 0.231 e. The monoisotopic (exact) mass is 845 g/mol. The Morgan fingerprint density at radius 2 is 0.887 bits per heavy atom. The van der Waals surface area contributed by atoms with Crippen molar-refractivity contribution in [3.05, 3.63) is 97.3 Å². The number of ether oxygens (including phenoxy) is 2. The summed E-state index contributed by atoms with van der Waals surface area (Å²) in [7, 11) is 3.45. The second kappa shape index (κ2) is 23.3. The molecule has 0 atom stereocenters. The lowest BCUT2D eigenvalue weighted by molar-refractivity contribution is -0.124. The topological polar surface area (TPSA) is 97.8 Å². The molecule has 62 heavy (non-hydrogen) atoms. The van der Waals surface area contributed by atoms with Gasteiger partial charge in [-0.1, -0.05) is 74.9 Å². The standard InChI is InChI=1S/2C25H34N4O2/c2*1-31-23-12-6-5-11-22(23)28-18-15-27(16-19-28)17-20-29(24-13-7-8-14-26-24)25(30)21-9-3-2-4-10-21/h2*5-8,11-14,21H,2-4,9-10,15-20H2,1H3. The number of pyridine rings is 2. The third-order valence-corrected chi connectivity index (χ3v) is 13.2. The Labute approximate surface area is 369 Å². The number of hydrogen-bond donors (Lipinski definition) is 0. The van der Waals surface area contributed by atoms with Gasteiger partial charge in [0, 0.05) is 103 Å². The predicted octanol–water partition coefficient (Wildman–Crippen LogP) is 7.65. The Bertz CT molecular complexity index is 1800. The van der Waals surface area contributed by atoms with E-state index in [0.717, 1.165) is 151 Å². The lowest BCUT2D eigenvalue weighted by Gasteiger charge is -2.37. The summed E-state index contributed by atoms with van der Waals surface area (Å²) in [5.74, 6) is 4.23. The van der Waals surface area contributed by atoms with Crippen LogP contribution in [0.25, 0.3) is 0 Å². The van der Waals surface area contributed by atoms with Gasteiger partial charge in [0.1, 0.15) is 23.1 Å². The average molecular weight is 845 g/mol. The number of para-hydroxylation sites is 4. The summed E-state index contributed by atoms with van der Waals surface area (Å²) in [5, 5.41) is 0. The van der Waals surface area contributed by atoms with Gasteiger partial charge in [0.2, 0.25) is 11.8 Å². The molecule has 0 spiro atoms. The highest BCUT2D eigenvalue weighted by molar-refractivity contribution is 5.94. The van der Waals surface area contributed by atoms with Gasteiger partial charge in [-0.2, -0.15) is 0 Å². The van der Waals surface area contributed by atoms with E-state index in [2.05, 4.69) is 53.8 Å². The minimum atomic E-state index is 0.151. The molecule has 4 aromatic rings. The van der Waals surface area contributed by atoms with Crippen LogP contribution in [0.3, 0.4) is 0 Å². The van der Waals surface area contributed by atoms with Gasteiger partial charge in [-0.15, -0.1) is 0 Å². The van der Waals surface area contributed by atoms with Crippen LogP contribution in [0.4, 0.5) is 23.0 Å². The third-order valence-electron chi connectivity index (χ3n) is 13.2. The highest BCUT2D eigenvalue weighted by atomic mass is 16.5. The van der Waals surface area contributed by atoms with Gasteiger partial charge < -0.3 is 19.3 Å². The zero-order valence-electron chi connectivity index (χ0n) is 37.2. The molecule has 2 aliphatic carbocycles. The molecule has 4 heterocycles. The summed E-state index contributed by atoms with van der Waals surface area (Å²) in [5.41, 5.74) is 2.32. The maximum atomic E-state index is 13.3. The van der Waals surface area contributed by atoms with Crippen LogP contribution >= 0.6 is 0 Å². The molecule has 12 nitrogen and oxygen atoms in total. The van der Waals surface area contributed by atoms with Crippen LogP contribution in [0, 0.1) is 11.8 Å². The van der Waals surface area contributed by atoms with Gasteiger partial charge in [0.25, 0.3) is 0 Å². The van der Waals surface area contributed by atoms with Gasteiger partial charge in [-0.25, -0.2) is 9.97 Å². The molecule has 8 rings (SSSR count). The zero-order valence-corrected chi connectivity index (χ0v) is 37.2. The van der Waals surface area contributed by atoms with Crippen LogP contribution in [-0.2, 0) is 9.59 Å². The van der Waals surface area contributed by atoms with Crippen LogP contribution in [0.5, 0.6) is 11.5 Å². The van der Waals surface area contributed by atoms with Gasteiger partial charge in [0.05, 0.1) is 25.6 Å². The first-order valence-electron chi connectivity index (χ1n) is 23.2. The molecule has 0 radical (unpaired) electrons. The normalized spacial score (nSPS) is 18.0. The Hall–Kier alpha value is -5.20. The number of anilines is 4. The van der Waals surface area contributed by atoms with E-state index in [1.165, 1.54) is 12.8 Å². The second-order valence-corrected chi connectivity index (χ2v) is 17.0. The number of benzene rings is 2. The Morgan fingerprint density at radius 1 is 0.516 bits per heavy atom. The minimum Gasteiger partial charge on any atom is -0.495 e. The van der Waals surface area contributed by atoms with E-state index in [1.54, 1.807) is 26.6 Å². The van der Waals surface area contributed by atoms with E-state index in [0.29, 0.717) is 13.1 Å². The fourth-order valence-corrected chi connectivity index (χ4v) is 9.53. The maximum absolute atomic E-state index is 13.3. The number of aromatic nitrogens is 2. The molecule has 2 saturated carbocycles. The van der Waals surface area contributed by atoms with Crippen LogP contribution in [0.1, 0.15) is 64.2 Å². The summed E-state index contributed by atoms with van der Waals surface area (Å²) in [6.07, 6.45) is 14.8. The highest BCUT2D eigenvalue weighted by Crippen LogP contribution is 2.31. The van der Waals surface area contributed by atoms with E-state index >= 15 is 0 Å². The van der Waals surface area contributed by atoms with E-state index < -0.39 is 0 Å². The minimum absolute atomic E-state index is 0.151. The maximum Gasteiger partial charge on any atom is 0.231 e. The van der Waals surface area contributed by atoms with E-state index in [4.69, 9.17) is 9.47 Å². The first-order valence-corrected chi connectivity index (χ1v) is 23.2. The Kier molecular flexibility index (Phi) is 16.9. The van der Waals surface area contributed by atoms with Crippen molar-refractivity contribution in [1.29, 1.82) is 0 Å². The van der Waals surface area contributed by atoms with Crippen molar-refractivity contribution in [1.82, 2.24) is 19.8 Å². The molecule has 0 unspecified atom stereocenters. The van der Waals surface area contributed by atoms with Crippen molar-refractivity contribution >= 4 is 34.8 Å². The van der Waals surface area contributed by atoms with E-state index in [1.807, 2.05) is 70.5 Å². The number of methoxy groups -OCH3 is 2. The molecule has 0 bridgehead atoms. The fraction of sp³-hybridized carbons (Fsp3) is 0.520. The van der Waals surface area contributed by atoms with E-state index in [-0.39, 0.29) is 23.7 Å². The number of carbonyl (C=O) groups excluding carboxylic acids is 2. The molecular weight excluding hydrogens is 777 g/mol. The SMILES string of the molecule is COc1ccccc1N1CCN(CCN(C(=O)C2CCCCC2)c2ccccn2)CC1.COc1ccccc1N1CCN(CCN(C(=O)C2CCCCC2)c2ccccn2)CC1. The van der Waals surface area contributed by atoms with Crippen molar-refractivity contribution in [2.45, 2.75) is 64.2 Å². The molecule has 0 N–H and O–H groups in total. The van der Waals surface area contributed by atoms with Crippen molar-refractivity contribution in [2.24, 2.45) is 11.8 Å². The molecular formula is C50H68N8O4. The Morgan fingerprint density at radius 3 is 1.24 bits per heavy atom. The molecule has 4 aliphatic rings. The first kappa shape index (κ1) is 44.8. The first-order chi connectivity index (χ1) is 30.5. The number of rotatable bonds is 14. The quantitative estimate of drug-likeness (QED) is 0.126. The molecule has 12 heteroatoms. The number of hydrogen-bond acceptors (Lipinski definition) is 10.